The van der Waals surface area contributed by atoms with Crippen LogP contribution in [0.5, 0.6) is 0 Å². The van der Waals surface area contributed by atoms with Crippen LogP contribution in [0.15, 0.2) is 18.2 Å². The normalized spacial score (nSPS) is 11.0. The summed E-state index contributed by atoms with van der Waals surface area (Å²) in [6.45, 7) is 4.96. The van der Waals surface area contributed by atoms with E-state index in [9.17, 15) is 4.39 Å². The highest BCUT2D eigenvalue weighted by molar-refractivity contribution is 6.30. The van der Waals surface area contributed by atoms with Gasteiger partial charge in [-0.15, -0.1) is 0 Å². The second-order valence-electron chi connectivity index (χ2n) is 4.74. The van der Waals surface area contributed by atoms with Crippen molar-refractivity contribution in [3.05, 3.63) is 34.9 Å². The van der Waals surface area contributed by atoms with Crippen molar-refractivity contribution in [3.8, 4) is 11.3 Å². The van der Waals surface area contributed by atoms with Crippen molar-refractivity contribution in [2.24, 2.45) is 0 Å². The first-order valence-corrected chi connectivity index (χ1v) is 7.26. The third-order valence-corrected chi connectivity index (χ3v) is 3.56. The SMILES string of the molecule is CCCCn1c(CC)nc(-c2ccc(Cl)cc2F)c1N. The summed E-state index contributed by atoms with van der Waals surface area (Å²) in [6.07, 6.45) is 2.87. The number of benzene rings is 1. The molecule has 0 aliphatic carbocycles. The van der Waals surface area contributed by atoms with E-state index >= 15 is 0 Å². The molecule has 0 saturated heterocycles. The smallest absolute Gasteiger partial charge is 0.134 e. The molecule has 0 unspecified atom stereocenters. The Kier molecular flexibility index (Phi) is 4.65. The van der Waals surface area contributed by atoms with Gasteiger partial charge in [0.1, 0.15) is 23.2 Å². The fourth-order valence-corrected chi connectivity index (χ4v) is 2.39. The minimum Gasteiger partial charge on any atom is -0.383 e. The van der Waals surface area contributed by atoms with Gasteiger partial charge >= 0.3 is 0 Å². The van der Waals surface area contributed by atoms with E-state index in [1.165, 1.54) is 6.07 Å². The van der Waals surface area contributed by atoms with Gasteiger partial charge in [-0.3, -0.25) is 0 Å². The maximum absolute atomic E-state index is 14.0. The van der Waals surface area contributed by atoms with Gasteiger partial charge in [0.15, 0.2) is 0 Å². The highest BCUT2D eigenvalue weighted by atomic mass is 35.5. The molecule has 0 atom stereocenters. The van der Waals surface area contributed by atoms with Crippen LogP contribution in [0.3, 0.4) is 0 Å². The van der Waals surface area contributed by atoms with Crippen molar-refractivity contribution in [2.45, 2.75) is 39.7 Å². The Morgan fingerprint density at radius 3 is 2.70 bits per heavy atom. The first-order chi connectivity index (χ1) is 9.58. The lowest BCUT2D eigenvalue weighted by Gasteiger charge is -2.08. The molecule has 0 radical (unpaired) electrons. The topological polar surface area (TPSA) is 43.8 Å². The minimum absolute atomic E-state index is 0.367. The molecule has 108 valence electrons. The third-order valence-electron chi connectivity index (χ3n) is 3.32. The van der Waals surface area contributed by atoms with Gasteiger partial charge in [-0.25, -0.2) is 9.37 Å². The van der Waals surface area contributed by atoms with Crippen LogP contribution in [0.25, 0.3) is 11.3 Å². The third kappa shape index (κ3) is 2.80. The van der Waals surface area contributed by atoms with Gasteiger partial charge in [-0.05, 0) is 24.6 Å². The minimum atomic E-state index is -0.396. The zero-order valence-corrected chi connectivity index (χ0v) is 12.5. The lowest BCUT2D eigenvalue weighted by atomic mass is 10.1. The van der Waals surface area contributed by atoms with Crippen molar-refractivity contribution in [1.82, 2.24) is 9.55 Å². The highest BCUT2D eigenvalue weighted by Gasteiger charge is 2.17. The Bertz CT molecular complexity index is 607. The number of halogens is 2. The Balaban J connectivity index is 2.49. The molecule has 0 fully saturated rings. The van der Waals surface area contributed by atoms with Gasteiger partial charge < -0.3 is 10.3 Å². The number of nitrogens with two attached hydrogens (primary N) is 1. The van der Waals surface area contributed by atoms with Gasteiger partial charge in [-0.2, -0.15) is 0 Å². The number of aryl methyl sites for hydroxylation is 1. The number of nitrogens with zero attached hydrogens (tertiary/aromatic N) is 2. The highest BCUT2D eigenvalue weighted by Crippen LogP contribution is 2.30. The number of imidazole rings is 1. The number of rotatable bonds is 5. The molecule has 0 bridgehead atoms. The number of nitrogen functional groups attached to an aromatic ring is 1. The zero-order chi connectivity index (χ0) is 14.7. The Labute approximate surface area is 123 Å². The first-order valence-electron chi connectivity index (χ1n) is 6.88. The predicted molar refractivity (Wildman–Crippen MR) is 81.3 cm³/mol. The molecule has 0 spiro atoms. The molecule has 3 nitrogen and oxygen atoms in total. The van der Waals surface area contributed by atoms with Crippen LogP contribution in [0.2, 0.25) is 5.02 Å². The summed E-state index contributed by atoms with van der Waals surface area (Å²) in [7, 11) is 0. The standard InChI is InChI=1S/C15H19ClFN3/c1-3-5-8-20-13(4-2)19-14(15(20)18)11-7-6-10(16)9-12(11)17/h6-7,9H,3-5,8,18H2,1-2H3. The Morgan fingerprint density at radius 2 is 2.10 bits per heavy atom. The van der Waals surface area contributed by atoms with E-state index in [4.69, 9.17) is 17.3 Å². The molecule has 5 heteroatoms. The first kappa shape index (κ1) is 14.9. The van der Waals surface area contributed by atoms with Gasteiger partial charge in [0.25, 0.3) is 0 Å². The van der Waals surface area contributed by atoms with Gasteiger partial charge in [0.05, 0.1) is 0 Å². The zero-order valence-electron chi connectivity index (χ0n) is 11.8. The van der Waals surface area contributed by atoms with Crippen molar-refractivity contribution in [3.63, 3.8) is 0 Å². The van der Waals surface area contributed by atoms with Crippen LogP contribution < -0.4 is 5.73 Å². The molecule has 0 aliphatic rings. The average molecular weight is 296 g/mol. The average Bonchev–Trinajstić information content (AvgIpc) is 2.73. The van der Waals surface area contributed by atoms with E-state index in [0.717, 1.165) is 31.6 Å². The molecule has 1 aromatic carbocycles. The fourth-order valence-electron chi connectivity index (χ4n) is 2.23. The molecule has 1 aromatic heterocycles. The van der Waals surface area contributed by atoms with Crippen LogP contribution in [-0.4, -0.2) is 9.55 Å². The molecule has 2 aromatic rings. The summed E-state index contributed by atoms with van der Waals surface area (Å²) < 4.78 is 16.0. The van der Waals surface area contributed by atoms with Gasteiger partial charge in [0.2, 0.25) is 0 Å². The summed E-state index contributed by atoms with van der Waals surface area (Å²) in [5, 5.41) is 0.367. The fraction of sp³-hybridized carbons (Fsp3) is 0.400. The van der Waals surface area contributed by atoms with E-state index in [0.29, 0.717) is 22.1 Å². The Morgan fingerprint density at radius 1 is 1.35 bits per heavy atom. The predicted octanol–water partition coefficient (Wildman–Crippen LogP) is 4.29. The molecule has 1 heterocycles. The lowest BCUT2D eigenvalue weighted by Crippen LogP contribution is -2.06. The number of hydrogen-bond donors (Lipinski definition) is 1. The molecule has 20 heavy (non-hydrogen) atoms. The van der Waals surface area contributed by atoms with E-state index < -0.39 is 5.82 Å². The number of aromatic nitrogens is 2. The van der Waals surface area contributed by atoms with Crippen molar-refractivity contribution in [2.75, 3.05) is 5.73 Å². The summed E-state index contributed by atoms with van der Waals surface area (Å²) in [5.41, 5.74) is 7.07. The van der Waals surface area contributed by atoms with Crippen LogP contribution in [0, 0.1) is 5.82 Å². The van der Waals surface area contributed by atoms with Crippen LogP contribution in [0.4, 0.5) is 10.2 Å². The second kappa shape index (κ2) is 6.27. The number of anilines is 1. The van der Waals surface area contributed by atoms with Crippen LogP contribution in [-0.2, 0) is 13.0 Å². The summed E-state index contributed by atoms with van der Waals surface area (Å²) >= 11 is 5.78. The molecular formula is C15H19ClFN3. The molecular weight excluding hydrogens is 277 g/mol. The van der Waals surface area contributed by atoms with E-state index in [1.54, 1.807) is 12.1 Å². The lowest BCUT2D eigenvalue weighted by molar-refractivity contribution is 0.612. The van der Waals surface area contributed by atoms with Crippen molar-refractivity contribution >= 4 is 17.4 Å². The van der Waals surface area contributed by atoms with Crippen molar-refractivity contribution < 1.29 is 4.39 Å². The second-order valence-corrected chi connectivity index (χ2v) is 5.18. The molecule has 0 aliphatic heterocycles. The van der Waals surface area contributed by atoms with Crippen LogP contribution in [0.1, 0.15) is 32.5 Å². The van der Waals surface area contributed by atoms with Crippen LogP contribution >= 0.6 is 11.6 Å². The quantitative estimate of drug-likeness (QED) is 0.894. The molecule has 0 amide bonds. The van der Waals surface area contributed by atoms with Crippen molar-refractivity contribution in [1.29, 1.82) is 0 Å². The summed E-state index contributed by atoms with van der Waals surface area (Å²) in [5.74, 6) is 1.02. The van der Waals surface area contributed by atoms with Gasteiger partial charge in [-0.1, -0.05) is 31.9 Å². The van der Waals surface area contributed by atoms with E-state index in [2.05, 4.69) is 11.9 Å². The molecule has 0 saturated carbocycles. The maximum atomic E-state index is 14.0. The van der Waals surface area contributed by atoms with Gasteiger partial charge in [0, 0.05) is 23.6 Å². The molecule has 2 N–H and O–H groups in total. The number of hydrogen-bond acceptors (Lipinski definition) is 2. The summed E-state index contributed by atoms with van der Waals surface area (Å²) in [4.78, 5) is 4.50. The maximum Gasteiger partial charge on any atom is 0.134 e. The number of unbranched alkanes of at least 4 members (excludes halogenated alkanes) is 1. The molecule has 2 rings (SSSR count). The monoisotopic (exact) mass is 295 g/mol. The van der Waals surface area contributed by atoms with E-state index in [-0.39, 0.29) is 0 Å². The summed E-state index contributed by atoms with van der Waals surface area (Å²) in [6, 6.07) is 4.56. The largest absolute Gasteiger partial charge is 0.383 e. The Hall–Kier alpha value is -1.55. The van der Waals surface area contributed by atoms with E-state index in [1.807, 2.05) is 11.5 Å².